The van der Waals surface area contributed by atoms with E-state index in [-0.39, 0.29) is 11.8 Å². The lowest BCUT2D eigenvalue weighted by atomic mass is 10.2. The van der Waals surface area contributed by atoms with Gasteiger partial charge in [-0.2, -0.15) is 0 Å². The van der Waals surface area contributed by atoms with E-state index in [0.29, 0.717) is 16.3 Å². The number of carbonyl (C=O) groups excluding carboxylic acids is 2. The summed E-state index contributed by atoms with van der Waals surface area (Å²) in [5.41, 5.74) is 1.16. The highest BCUT2D eigenvalue weighted by atomic mass is 35.5. The number of hydrogen-bond acceptors (Lipinski definition) is 3. The molecule has 0 aromatic heterocycles. The van der Waals surface area contributed by atoms with Crippen LogP contribution in [0.2, 0.25) is 5.02 Å². The van der Waals surface area contributed by atoms with E-state index in [1.54, 1.807) is 43.0 Å². The minimum Gasteiger partial charge on any atom is -0.341 e. The Labute approximate surface area is 144 Å². The van der Waals surface area contributed by atoms with Crippen molar-refractivity contribution in [3.63, 3.8) is 0 Å². The minimum absolute atomic E-state index is 0.273. The molecule has 6 heteroatoms. The molecule has 2 rings (SSSR count). The zero-order valence-corrected chi connectivity index (χ0v) is 14.4. The molecular weight excluding hydrogens is 332 g/mol. The average molecular weight is 349 g/mol. The summed E-state index contributed by atoms with van der Waals surface area (Å²) in [5, 5.41) is 6.02. The quantitative estimate of drug-likeness (QED) is 0.807. The van der Waals surface area contributed by atoms with E-state index in [0.717, 1.165) is 4.90 Å². The third-order valence-electron chi connectivity index (χ3n) is 3.18. The van der Waals surface area contributed by atoms with Gasteiger partial charge in [-0.15, -0.1) is 11.8 Å². The molecular formula is C17H17ClN2O2S. The van der Waals surface area contributed by atoms with Gasteiger partial charge in [-0.3, -0.25) is 9.59 Å². The van der Waals surface area contributed by atoms with Gasteiger partial charge in [0.25, 0.3) is 5.91 Å². The summed E-state index contributed by atoms with van der Waals surface area (Å²) in [7, 11) is 0. The van der Waals surface area contributed by atoms with E-state index in [1.807, 2.05) is 30.5 Å². The number of halogens is 1. The first-order valence-corrected chi connectivity index (χ1v) is 8.61. The van der Waals surface area contributed by atoms with E-state index < -0.39 is 6.04 Å². The van der Waals surface area contributed by atoms with E-state index in [4.69, 9.17) is 11.6 Å². The van der Waals surface area contributed by atoms with Gasteiger partial charge in [0.15, 0.2) is 0 Å². The maximum absolute atomic E-state index is 12.2. The monoisotopic (exact) mass is 348 g/mol. The fourth-order valence-corrected chi connectivity index (χ4v) is 2.48. The Kier molecular flexibility index (Phi) is 6.07. The largest absolute Gasteiger partial charge is 0.341 e. The van der Waals surface area contributed by atoms with Crippen LogP contribution >= 0.6 is 23.4 Å². The van der Waals surface area contributed by atoms with Crippen molar-refractivity contribution in [3.05, 3.63) is 59.1 Å². The maximum Gasteiger partial charge on any atom is 0.251 e. The van der Waals surface area contributed by atoms with Gasteiger partial charge in [0.05, 0.1) is 0 Å². The van der Waals surface area contributed by atoms with Gasteiger partial charge < -0.3 is 10.6 Å². The van der Waals surface area contributed by atoms with E-state index in [9.17, 15) is 9.59 Å². The van der Waals surface area contributed by atoms with Gasteiger partial charge in [0.2, 0.25) is 5.91 Å². The van der Waals surface area contributed by atoms with E-state index in [2.05, 4.69) is 10.6 Å². The number of anilines is 1. The van der Waals surface area contributed by atoms with Crippen LogP contribution in [0, 0.1) is 0 Å². The molecule has 1 unspecified atom stereocenters. The van der Waals surface area contributed by atoms with Crippen LogP contribution in [0.5, 0.6) is 0 Å². The van der Waals surface area contributed by atoms with Crippen molar-refractivity contribution in [2.45, 2.75) is 17.9 Å². The summed E-state index contributed by atoms with van der Waals surface area (Å²) >= 11 is 7.39. The van der Waals surface area contributed by atoms with Crippen LogP contribution in [0.25, 0.3) is 0 Å². The molecule has 0 aliphatic carbocycles. The van der Waals surface area contributed by atoms with E-state index in [1.165, 1.54) is 0 Å². The predicted molar refractivity (Wildman–Crippen MR) is 95.2 cm³/mol. The standard InChI is InChI=1S/C17H17ClN2O2S/c1-11(19-17(22)12-6-8-13(18)9-7-12)16(21)20-14-4-3-5-15(10-14)23-2/h3-11H,1-2H3,(H,19,22)(H,20,21). The Balaban J connectivity index is 1.96. The second-order valence-corrected chi connectivity index (χ2v) is 6.24. The molecule has 2 aromatic carbocycles. The number of nitrogens with one attached hydrogen (secondary N) is 2. The van der Waals surface area contributed by atoms with Crippen molar-refractivity contribution < 1.29 is 9.59 Å². The lowest BCUT2D eigenvalue weighted by Crippen LogP contribution is -2.41. The third kappa shape index (κ3) is 5.01. The van der Waals surface area contributed by atoms with Crippen LogP contribution in [0.15, 0.2) is 53.4 Å². The molecule has 0 fully saturated rings. The van der Waals surface area contributed by atoms with Crippen molar-refractivity contribution in [2.24, 2.45) is 0 Å². The fraction of sp³-hybridized carbons (Fsp3) is 0.176. The summed E-state index contributed by atoms with van der Waals surface area (Å²) in [4.78, 5) is 25.3. The molecule has 0 aliphatic heterocycles. The van der Waals surface area contributed by atoms with Gasteiger partial charge in [0, 0.05) is 21.2 Å². The molecule has 0 aliphatic rings. The molecule has 2 aromatic rings. The predicted octanol–water partition coefficient (Wildman–Crippen LogP) is 3.82. The first-order chi connectivity index (χ1) is 11.0. The molecule has 0 radical (unpaired) electrons. The van der Waals surface area contributed by atoms with Crippen molar-refractivity contribution in [1.82, 2.24) is 5.32 Å². The highest BCUT2D eigenvalue weighted by Crippen LogP contribution is 2.19. The first-order valence-electron chi connectivity index (χ1n) is 7.01. The highest BCUT2D eigenvalue weighted by molar-refractivity contribution is 7.98. The molecule has 0 spiro atoms. The summed E-state index contributed by atoms with van der Waals surface area (Å²) in [6.07, 6.45) is 1.97. The molecule has 0 heterocycles. The SMILES string of the molecule is CSc1cccc(NC(=O)C(C)NC(=O)c2ccc(Cl)cc2)c1. The molecule has 120 valence electrons. The van der Waals surface area contributed by atoms with E-state index >= 15 is 0 Å². The van der Waals surface area contributed by atoms with Crippen LogP contribution < -0.4 is 10.6 Å². The normalized spacial score (nSPS) is 11.6. The Morgan fingerprint density at radius 1 is 1.13 bits per heavy atom. The van der Waals surface area contributed by atoms with Crippen molar-refractivity contribution in [1.29, 1.82) is 0 Å². The first kappa shape index (κ1) is 17.4. The zero-order valence-electron chi connectivity index (χ0n) is 12.8. The fourth-order valence-electron chi connectivity index (χ4n) is 1.90. The number of thioether (sulfide) groups is 1. The Morgan fingerprint density at radius 2 is 1.83 bits per heavy atom. The van der Waals surface area contributed by atoms with Crippen LogP contribution in [-0.4, -0.2) is 24.1 Å². The average Bonchev–Trinajstić information content (AvgIpc) is 2.55. The Bertz CT molecular complexity index is 704. The number of rotatable bonds is 5. The molecule has 4 nitrogen and oxygen atoms in total. The molecule has 0 saturated carbocycles. The van der Waals surface area contributed by atoms with Crippen LogP contribution in [0.1, 0.15) is 17.3 Å². The molecule has 0 bridgehead atoms. The van der Waals surface area contributed by atoms with Gasteiger partial charge in [-0.1, -0.05) is 17.7 Å². The second kappa shape index (κ2) is 8.04. The lowest BCUT2D eigenvalue weighted by molar-refractivity contribution is -0.117. The van der Waals surface area contributed by atoms with Gasteiger partial charge in [0.1, 0.15) is 6.04 Å². The van der Waals surface area contributed by atoms with Crippen molar-refractivity contribution >= 4 is 40.9 Å². The highest BCUT2D eigenvalue weighted by Gasteiger charge is 2.16. The van der Waals surface area contributed by atoms with Gasteiger partial charge in [-0.25, -0.2) is 0 Å². The van der Waals surface area contributed by atoms with Crippen molar-refractivity contribution in [3.8, 4) is 0 Å². The summed E-state index contributed by atoms with van der Waals surface area (Å²) in [6.45, 7) is 1.64. The summed E-state index contributed by atoms with van der Waals surface area (Å²) in [6, 6.07) is 13.4. The number of hydrogen-bond donors (Lipinski definition) is 2. The van der Waals surface area contributed by atoms with Crippen molar-refractivity contribution in [2.75, 3.05) is 11.6 Å². The minimum atomic E-state index is -0.656. The third-order valence-corrected chi connectivity index (χ3v) is 4.16. The zero-order chi connectivity index (χ0) is 16.8. The number of carbonyl (C=O) groups is 2. The Morgan fingerprint density at radius 3 is 2.48 bits per heavy atom. The molecule has 2 amide bonds. The van der Waals surface area contributed by atoms with Crippen LogP contribution in [0.3, 0.4) is 0 Å². The Hall–Kier alpha value is -1.98. The number of benzene rings is 2. The topological polar surface area (TPSA) is 58.2 Å². The lowest BCUT2D eigenvalue weighted by Gasteiger charge is -2.14. The maximum atomic E-state index is 12.2. The number of amides is 2. The smallest absolute Gasteiger partial charge is 0.251 e. The summed E-state index contributed by atoms with van der Waals surface area (Å²) < 4.78 is 0. The molecule has 0 saturated heterocycles. The van der Waals surface area contributed by atoms with Crippen LogP contribution in [-0.2, 0) is 4.79 Å². The molecule has 2 N–H and O–H groups in total. The molecule has 23 heavy (non-hydrogen) atoms. The van der Waals surface area contributed by atoms with Gasteiger partial charge >= 0.3 is 0 Å². The molecule has 1 atom stereocenters. The summed E-state index contributed by atoms with van der Waals surface area (Å²) in [5.74, 6) is -0.590. The second-order valence-electron chi connectivity index (χ2n) is 4.92. The van der Waals surface area contributed by atoms with Crippen LogP contribution in [0.4, 0.5) is 5.69 Å². The van der Waals surface area contributed by atoms with Gasteiger partial charge in [-0.05, 0) is 55.6 Å².